The highest BCUT2D eigenvalue weighted by Crippen LogP contribution is 2.24. The van der Waals surface area contributed by atoms with Crippen LogP contribution in [0.5, 0.6) is 0 Å². The first-order valence-corrected chi connectivity index (χ1v) is 13.3. The molecule has 1 N–H and O–H groups in total. The minimum Gasteiger partial charge on any atom is -0.352 e. The number of nitrogens with one attached hydrogen (secondary N) is 1. The topological polar surface area (TPSA) is 55.9 Å². The predicted octanol–water partition coefficient (Wildman–Crippen LogP) is 4.34. The summed E-state index contributed by atoms with van der Waals surface area (Å²) in [7, 11) is 0. The molecule has 4 rings (SSSR count). The van der Waals surface area contributed by atoms with Gasteiger partial charge in [-0.15, -0.1) is 0 Å². The number of nitrogens with zero attached hydrogens (tertiary/aromatic N) is 3. The fraction of sp³-hybridized carbons (Fsp3) is 0.517. The lowest BCUT2D eigenvalue weighted by molar-refractivity contribution is -0.123. The summed E-state index contributed by atoms with van der Waals surface area (Å²) < 4.78 is 13.4. The Morgan fingerprint density at radius 1 is 0.889 bits per heavy atom. The third-order valence-corrected chi connectivity index (χ3v) is 7.30. The predicted molar refractivity (Wildman–Crippen MR) is 141 cm³/mol. The molecule has 36 heavy (non-hydrogen) atoms. The summed E-state index contributed by atoms with van der Waals surface area (Å²) in [5.41, 5.74) is 3.04. The van der Waals surface area contributed by atoms with Crippen molar-refractivity contribution in [3.63, 3.8) is 0 Å². The molecular formula is C29H39FN4O2. The fourth-order valence-corrected chi connectivity index (χ4v) is 5.39. The van der Waals surface area contributed by atoms with Crippen LogP contribution in [0.3, 0.4) is 0 Å². The maximum Gasteiger partial charge on any atom is 0.234 e. The van der Waals surface area contributed by atoms with Crippen molar-refractivity contribution in [2.75, 3.05) is 37.6 Å². The molecule has 2 aliphatic rings. The zero-order chi connectivity index (χ0) is 25.3. The van der Waals surface area contributed by atoms with Crippen molar-refractivity contribution in [2.24, 2.45) is 0 Å². The van der Waals surface area contributed by atoms with Crippen LogP contribution in [0.2, 0.25) is 0 Å². The highest BCUT2D eigenvalue weighted by molar-refractivity contribution is 5.92. The van der Waals surface area contributed by atoms with Crippen LogP contribution in [-0.4, -0.2) is 60.4 Å². The quantitative estimate of drug-likeness (QED) is 0.672. The Hall–Kier alpha value is -2.77. The zero-order valence-electron chi connectivity index (χ0n) is 21.4. The molecule has 0 aromatic heterocycles. The third-order valence-electron chi connectivity index (χ3n) is 7.30. The molecule has 0 bridgehead atoms. The van der Waals surface area contributed by atoms with Crippen LogP contribution in [0, 0.1) is 5.82 Å². The number of hydrogen-bond donors (Lipinski definition) is 1. The first-order chi connectivity index (χ1) is 17.5. The van der Waals surface area contributed by atoms with E-state index in [1.54, 1.807) is 6.92 Å². The Balaban J connectivity index is 1.52. The summed E-state index contributed by atoms with van der Waals surface area (Å²) in [5, 5.41) is 3.26. The average molecular weight is 495 g/mol. The summed E-state index contributed by atoms with van der Waals surface area (Å²) in [5.74, 6) is -0.141. The van der Waals surface area contributed by atoms with Crippen LogP contribution in [0.25, 0.3) is 0 Å². The molecule has 0 atom stereocenters. The van der Waals surface area contributed by atoms with E-state index in [9.17, 15) is 14.0 Å². The zero-order valence-corrected chi connectivity index (χ0v) is 21.4. The molecule has 0 unspecified atom stereocenters. The summed E-state index contributed by atoms with van der Waals surface area (Å²) in [4.78, 5) is 32.0. The maximum atomic E-state index is 13.4. The van der Waals surface area contributed by atoms with Gasteiger partial charge in [0.25, 0.3) is 0 Å². The first kappa shape index (κ1) is 26.3. The fourth-order valence-electron chi connectivity index (χ4n) is 5.39. The largest absolute Gasteiger partial charge is 0.352 e. The lowest BCUT2D eigenvalue weighted by Crippen LogP contribution is -2.44. The Bertz CT molecular complexity index is 1010. The smallest absolute Gasteiger partial charge is 0.234 e. The number of benzene rings is 2. The molecule has 0 saturated heterocycles. The van der Waals surface area contributed by atoms with Crippen molar-refractivity contribution >= 4 is 17.5 Å². The minimum absolute atomic E-state index is 0.0216. The Morgan fingerprint density at radius 3 is 2.36 bits per heavy atom. The van der Waals surface area contributed by atoms with Crippen LogP contribution in [-0.2, 0) is 22.7 Å². The number of halogens is 1. The molecular weight excluding hydrogens is 455 g/mol. The Morgan fingerprint density at radius 2 is 1.61 bits per heavy atom. The number of amides is 2. The van der Waals surface area contributed by atoms with Crippen molar-refractivity contribution < 1.29 is 14.0 Å². The minimum atomic E-state index is -0.235. The number of rotatable bonds is 5. The van der Waals surface area contributed by atoms with Gasteiger partial charge in [0, 0.05) is 57.9 Å². The molecule has 1 aliphatic carbocycles. The number of para-hydroxylation sites is 1. The molecule has 2 amide bonds. The van der Waals surface area contributed by atoms with Gasteiger partial charge in [0.2, 0.25) is 11.8 Å². The maximum absolute atomic E-state index is 13.4. The van der Waals surface area contributed by atoms with Gasteiger partial charge in [-0.1, -0.05) is 49.6 Å². The van der Waals surface area contributed by atoms with Gasteiger partial charge in [0.1, 0.15) is 5.82 Å². The molecule has 1 fully saturated rings. The molecule has 2 aromatic rings. The second kappa shape index (κ2) is 13.0. The highest BCUT2D eigenvalue weighted by atomic mass is 19.1. The second-order valence-corrected chi connectivity index (χ2v) is 10.2. The third kappa shape index (κ3) is 7.61. The van der Waals surface area contributed by atoms with Gasteiger partial charge in [-0.2, -0.15) is 0 Å². The summed E-state index contributed by atoms with van der Waals surface area (Å²) in [6.45, 7) is 6.21. The van der Waals surface area contributed by atoms with Crippen molar-refractivity contribution in [1.29, 1.82) is 0 Å². The molecule has 0 spiro atoms. The summed E-state index contributed by atoms with van der Waals surface area (Å²) in [6.07, 6.45) is 6.58. The van der Waals surface area contributed by atoms with Gasteiger partial charge in [-0.3, -0.25) is 19.4 Å². The molecule has 194 valence electrons. The van der Waals surface area contributed by atoms with Crippen LogP contribution in [0.1, 0.15) is 56.6 Å². The highest BCUT2D eigenvalue weighted by Gasteiger charge is 2.22. The van der Waals surface area contributed by atoms with E-state index < -0.39 is 0 Å². The van der Waals surface area contributed by atoms with E-state index in [0.29, 0.717) is 26.2 Å². The molecule has 2 aromatic carbocycles. The second-order valence-electron chi connectivity index (χ2n) is 10.2. The molecule has 1 heterocycles. The van der Waals surface area contributed by atoms with E-state index in [1.165, 1.54) is 31.4 Å². The van der Waals surface area contributed by atoms with E-state index in [2.05, 4.69) is 21.2 Å². The van der Waals surface area contributed by atoms with Gasteiger partial charge in [0.15, 0.2) is 0 Å². The van der Waals surface area contributed by atoms with E-state index in [1.807, 2.05) is 35.2 Å². The van der Waals surface area contributed by atoms with Crippen molar-refractivity contribution in [3.8, 4) is 0 Å². The molecule has 7 heteroatoms. The lowest BCUT2D eigenvalue weighted by atomic mass is 9.95. The van der Waals surface area contributed by atoms with Crippen molar-refractivity contribution in [3.05, 3.63) is 65.5 Å². The van der Waals surface area contributed by atoms with Gasteiger partial charge in [0.05, 0.1) is 6.54 Å². The monoisotopic (exact) mass is 494 g/mol. The SMILES string of the molecule is CC(=O)N1CCCN(Cc2ccc(F)cc2)CCN(CC(=O)NC2CCCCC2)Cc2ccccc21. The van der Waals surface area contributed by atoms with E-state index >= 15 is 0 Å². The normalized spacial score (nSPS) is 18.8. The van der Waals surface area contributed by atoms with Crippen LogP contribution in [0.15, 0.2) is 48.5 Å². The Labute approximate surface area is 214 Å². The summed E-state index contributed by atoms with van der Waals surface area (Å²) in [6, 6.07) is 15.0. The van der Waals surface area contributed by atoms with Crippen LogP contribution < -0.4 is 10.2 Å². The first-order valence-electron chi connectivity index (χ1n) is 13.3. The van der Waals surface area contributed by atoms with Crippen LogP contribution in [0.4, 0.5) is 10.1 Å². The number of anilines is 1. The van der Waals surface area contributed by atoms with Crippen molar-refractivity contribution in [2.45, 2.75) is 64.6 Å². The van der Waals surface area contributed by atoms with Gasteiger partial charge in [-0.25, -0.2) is 4.39 Å². The van der Waals surface area contributed by atoms with E-state index in [0.717, 1.165) is 55.7 Å². The molecule has 1 saturated carbocycles. The number of fused-ring (bicyclic) bond motifs is 1. The number of carbonyl (C=O) groups excluding carboxylic acids is 2. The molecule has 0 radical (unpaired) electrons. The van der Waals surface area contributed by atoms with Gasteiger partial charge >= 0.3 is 0 Å². The van der Waals surface area contributed by atoms with Gasteiger partial charge in [-0.05, 0) is 48.6 Å². The Kier molecular flexibility index (Phi) is 9.47. The average Bonchev–Trinajstić information content (AvgIpc) is 2.89. The van der Waals surface area contributed by atoms with Gasteiger partial charge < -0.3 is 10.2 Å². The van der Waals surface area contributed by atoms with Crippen LogP contribution >= 0.6 is 0 Å². The molecule has 6 nitrogen and oxygen atoms in total. The van der Waals surface area contributed by atoms with Crippen molar-refractivity contribution in [1.82, 2.24) is 15.1 Å². The van der Waals surface area contributed by atoms with E-state index in [4.69, 9.17) is 0 Å². The lowest BCUT2D eigenvalue weighted by Gasteiger charge is -2.29. The number of carbonyl (C=O) groups is 2. The van der Waals surface area contributed by atoms with E-state index in [-0.39, 0.29) is 23.7 Å². The number of hydrogen-bond acceptors (Lipinski definition) is 4. The standard InChI is InChI=1S/C29H39FN4O2/c1-23(35)34-17-7-16-32(20-24-12-14-26(30)15-13-24)18-19-33(21-25-8-5-6-11-28(25)34)22-29(36)31-27-9-3-2-4-10-27/h5-6,8,11-15,27H,2-4,7,9-10,16-22H2,1H3,(H,31,36). The summed E-state index contributed by atoms with van der Waals surface area (Å²) >= 11 is 0. The molecule has 1 aliphatic heterocycles.